The standard InChI is InChI=1S/C68H82N12.4BrH.4Pd/c1-73(2)37-45-25-46(38-74(3)4)30-53(29-45)65-57-17-19-59(69-57)66(54-31-47(39-75(5)6)26-48(32-54)40-76(7)8)61-21-23-63(71-61)68(56-35-51(43-79(13)14)28-52(36-56)44-80(15)16)64-24-22-62(72-64)67(60-20-18-58(65)70-60)55-33-49(41-77(9)10)27-50(34-55)42-78(11)12;;;;;;;;/h17-24,29-36,69,72H,37-44H2,1-16H3;4*1H;;;;/q-4;;;;;4*+2/p-4. The van der Waals surface area contributed by atoms with Gasteiger partial charge in [-0.3, -0.25) is 0 Å². The predicted octanol–water partition coefficient (Wildman–Crippen LogP) is 14.4. The zero-order chi connectivity index (χ0) is 65.1. The van der Waals surface area contributed by atoms with Crippen molar-refractivity contribution >= 4 is 100 Å². The molecule has 0 amide bonds. The first-order valence-corrected chi connectivity index (χ1v) is 42.4. The molecule has 0 saturated carbocycles. The Morgan fingerprint density at radius 2 is 0.432 bits per heavy atom. The van der Waals surface area contributed by atoms with E-state index < -0.39 is 0 Å². The van der Waals surface area contributed by atoms with Crippen LogP contribution >= 0.6 is 53.7 Å². The third kappa shape index (κ3) is 21.9. The molecule has 20 heteroatoms. The molecule has 12 nitrogen and oxygen atoms in total. The Morgan fingerprint density at radius 3 is 0.568 bits per heavy atom. The fourth-order valence-corrected chi connectivity index (χ4v) is 11.2. The molecular formula is C68H82Br4N12Pd4. The first-order valence-electron chi connectivity index (χ1n) is 28.1. The molecule has 0 radical (unpaired) electrons. The van der Waals surface area contributed by atoms with E-state index in [-0.39, 0.29) is 0 Å². The topological polar surface area (TPSA) is 83.3 Å². The van der Waals surface area contributed by atoms with E-state index in [0.29, 0.717) is 0 Å². The van der Waals surface area contributed by atoms with Gasteiger partial charge in [0, 0.05) is 96.7 Å². The Balaban J connectivity index is 0.00000169. The Labute approximate surface area is 595 Å². The van der Waals surface area contributed by atoms with Crippen LogP contribution < -0.4 is 0 Å². The molecule has 2 N–H and O–H groups in total. The first kappa shape index (κ1) is 76.4. The monoisotopic (exact) mass is 1810 g/mol. The summed E-state index contributed by atoms with van der Waals surface area (Å²) in [6.07, 6.45) is 8.82. The number of aromatic nitrogens is 4. The van der Waals surface area contributed by atoms with Gasteiger partial charge < -0.3 is 49.2 Å². The molecule has 0 saturated heterocycles. The van der Waals surface area contributed by atoms with E-state index in [9.17, 15) is 0 Å². The zero-order valence-electron chi connectivity index (χ0n) is 53.1. The van der Waals surface area contributed by atoms with Crippen LogP contribution in [-0.4, -0.2) is 172 Å². The van der Waals surface area contributed by atoms with Gasteiger partial charge in [-0.25, -0.2) is 9.97 Å². The number of benzene rings is 4. The molecule has 9 rings (SSSR count). The van der Waals surface area contributed by atoms with Gasteiger partial charge >= 0.3 is 122 Å². The van der Waals surface area contributed by atoms with Crippen LogP contribution in [0, 0.1) is 24.3 Å². The second-order valence-corrected chi connectivity index (χ2v) is 24.1. The molecule has 3 aromatic heterocycles. The van der Waals surface area contributed by atoms with Crippen LogP contribution in [-0.2, 0) is 121 Å². The zero-order valence-corrected chi connectivity index (χ0v) is 65.7. The van der Waals surface area contributed by atoms with Crippen molar-refractivity contribution in [2.45, 2.75) is 52.4 Å². The second-order valence-electron chi connectivity index (χ2n) is 24.1. The van der Waals surface area contributed by atoms with Gasteiger partial charge in [0.15, 0.2) is 0 Å². The van der Waals surface area contributed by atoms with E-state index in [1.165, 1.54) is 0 Å². The average Bonchev–Trinajstić information content (AvgIpc) is 1.72. The summed E-state index contributed by atoms with van der Waals surface area (Å²) in [5.41, 5.74) is 24.6. The number of aromatic amines is 2. The average molecular weight is 1810 g/mol. The first-order chi connectivity index (χ1) is 42.1. The van der Waals surface area contributed by atoms with Crippen molar-refractivity contribution in [2.75, 3.05) is 113 Å². The van der Waals surface area contributed by atoms with Crippen LogP contribution in [0.25, 0.3) is 90.9 Å². The molecule has 8 bridgehead atoms. The van der Waals surface area contributed by atoms with E-state index in [1.807, 2.05) is 0 Å². The molecule has 88 heavy (non-hydrogen) atoms. The van der Waals surface area contributed by atoms with E-state index in [0.717, 1.165) is 186 Å². The third-order valence-corrected chi connectivity index (χ3v) is 13.7. The van der Waals surface area contributed by atoms with Crippen LogP contribution in [0.15, 0.2) is 72.8 Å². The molecule has 0 unspecified atom stereocenters. The van der Waals surface area contributed by atoms with Crippen LogP contribution in [0.3, 0.4) is 0 Å². The minimum absolute atomic E-state index is 0.743. The molecule has 5 heterocycles. The van der Waals surface area contributed by atoms with Crippen LogP contribution in [0.1, 0.15) is 67.3 Å². The van der Waals surface area contributed by atoms with Gasteiger partial charge in [-0.1, -0.05) is 0 Å². The Bertz CT molecular complexity index is 3080. The van der Waals surface area contributed by atoms with Crippen LogP contribution in [0.2, 0.25) is 0 Å². The fourth-order valence-electron chi connectivity index (χ4n) is 11.2. The van der Waals surface area contributed by atoms with Gasteiger partial charge in [-0.2, -0.15) is 72.8 Å². The van der Waals surface area contributed by atoms with E-state index in [1.54, 1.807) is 0 Å². The van der Waals surface area contributed by atoms with Gasteiger partial charge in [0.1, 0.15) is 0 Å². The number of nitrogens with one attached hydrogen (secondary N) is 2. The number of hydrogen-bond acceptors (Lipinski definition) is 10. The van der Waals surface area contributed by atoms with Crippen molar-refractivity contribution in [1.82, 2.24) is 59.1 Å². The number of H-pyrrole nitrogens is 2. The molecule has 0 spiro atoms. The molecule has 7 aromatic rings. The summed E-state index contributed by atoms with van der Waals surface area (Å²) in [6, 6.07) is 42.5. The summed E-state index contributed by atoms with van der Waals surface area (Å²) in [5, 5.41) is 0. The quantitative estimate of drug-likeness (QED) is 0.0569. The number of fused-ring (bicyclic) bond motifs is 8. The normalized spacial score (nSPS) is 11.9. The molecule has 482 valence electrons. The minimum atomic E-state index is 0.743. The van der Waals surface area contributed by atoms with E-state index in [4.69, 9.17) is 9.97 Å². The number of halogens is 4. The van der Waals surface area contributed by atoms with Crippen molar-refractivity contribution in [3.05, 3.63) is 164 Å². The second kappa shape index (κ2) is 37.6. The third-order valence-electron chi connectivity index (χ3n) is 13.7. The van der Waals surface area contributed by atoms with Crippen LogP contribution in [0.5, 0.6) is 0 Å². The molecule has 0 aliphatic carbocycles. The number of rotatable bonds is 20. The molecular weight excluding hydrogens is 1730 g/mol. The van der Waals surface area contributed by atoms with Crippen LogP contribution in [0.4, 0.5) is 0 Å². The van der Waals surface area contributed by atoms with Gasteiger partial charge in [0.2, 0.25) is 0 Å². The fraction of sp³-hybridized carbons (Fsp3) is 0.353. The predicted molar refractivity (Wildman–Crippen MR) is 371 cm³/mol. The maximum absolute atomic E-state index is 5.78. The molecule has 0 atom stereocenters. The SMILES string of the molecule is CN(C)Cc1[c-]c(CN(C)C)cc(-c2c3nc(c(-c4cc(CN(C)C)[c-]c(CN(C)C)c4)c4ccc([nH]4)c(-c4cc(CN(C)C)[c-]c(CN(C)C)c4)c4nc(c(-c5cc(CN(C)C)[c-]c(CN(C)C)c5)c5ccc2[nH]5)C=C4)C=C3)c1.[Br][Pd+].[Br][Pd+].[Br][Pd+].[Br][Pd+]. The van der Waals surface area contributed by atoms with E-state index in [2.05, 4.69) is 406 Å². The van der Waals surface area contributed by atoms with E-state index >= 15 is 0 Å². The molecule has 2 aliphatic heterocycles. The summed E-state index contributed by atoms with van der Waals surface area (Å²) in [7, 11) is 33.9. The summed E-state index contributed by atoms with van der Waals surface area (Å²) in [6.45, 7) is 5.94. The Hall–Kier alpha value is -2.27. The van der Waals surface area contributed by atoms with Crippen molar-refractivity contribution in [3.63, 3.8) is 0 Å². The van der Waals surface area contributed by atoms with Crippen molar-refractivity contribution in [3.8, 4) is 44.5 Å². The Morgan fingerprint density at radius 1 is 0.284 bits per heavy atom. The van der Waals surface area contributed by atoms with Gasteiger partial charge in [0.25, 0.3) is 0 Å². The van der Waals surface area contributed by atoms with Gasteiger partial charge in [0.05, 0.1) is 22.8 Å². The maximum atomic E-state index is 5.78. The summed E-state index contributed by atoms with van der Waals surface area (Å²) >= 11 is 21.4. The molecule has 4 aromatic carbocycles. The summed E-state index contributed by atoms with van der Waals surface area (Å²) in [4.78, 5) is 37.4. The van der Waals surface area contributed by atoms with Crippen molar-refractivity contribution in [1.29, 1.82) is 0 Å². The van der Waals surface area contributed by atoms with Gasteiger partial charge in [-0.05, 0) is 161 Å². The summed E-state index contributed by atoms with van der Waals surface area (Å²) < 4.78 is 0. The van der Waals surface area contributed by atoms with Gasteiger partial charge in [-0.15, -0.1) is 66.8 Å². The summed E-state index contributed by atoms with van der Waals surface area (Å²) in [5.74, 6) is 0. The molecule has 0 fully saturated rings. The number of nitrogens with zero attached hydrogens (tertiary/aromatic N) is 10. The number of hydrogen-bond donors (Lipinski definition) is 2. The van der Waals surface area contributed by atoms with Crippen molar-refractivity contribution in [2.24, 2.45) is 0 Å². The Kier molecular flexibility index (Phi) is 32.6. The van der Waals surface area contributed by atoms with Crippen molar-refractivity contribution < 1.29 is 68.7 Å². The molecule has 2 aliphatic rings.